The lowest BCUT2D eigenvalue weighted by Crippen LogP contribution is -2.50. The van der Waals surface area contributed by atoms with E-state index in [1.54, 1.807) is 16.0 Å². The maximum Gasteiger partial charge on any atom is 0.303 e. The lowest BCUT2D eigenvalue weighted by molar-refractivity contribution is -0.486. The van der Waals surface area contributed by atoms with Crippen LogP contribution in [0.5, 0.6) is 0 Å². The second-order valence-corrected chi connectivity index (χ2v) is 6.67. The molecule has 0 amide bonds. The van der Waals surface area contributed by atoms with E-state index in [1.165, 1.54) is 11.3 Å². The average Bonchev–Trinajstić information content (AvgIpc) is 2.86. The lowest BCUT2D eigenvalue weighted by atomic mass is 10.2. The molecule has 2 rings (SSSR count). The zero-order valence-electron chi connectivity index (χ0n) is 12.2. The molecule has 11 heteroatoms. The molecule has 0 bridgehead atoms. The van der Waals surface area contributed by atoms with E-state index < -0.39 is 11.0 Å². The Balaban J connectivity index is 2.09. The summed E-state index contributed by atoms with van der Waals surface area (Å²) in [5.41, 5.74) is 0. The van der Waals surface area contributed by atoms with Gasteiger partial charge in [-0.1, -0.05) is 11.6 Å². The first-order valence-electron chi connectivity index (χ1n) is 7.00. The van der Waals surface area contributed by atoms with Crippen LogP contribution < -0.4 is 0 Å². The molecule has 126 valence electrons. The number of carbonyl (C=O) groups is 1. The third kappa shape index (κ3) is 5.32. The van der Waals surface area contributed by atoms with E-state index in [1.807, 2.05) is 0 Å². The van der Waals surface area contributed by atoms with E-state index in [9.17, 15) is 14.9 Å². The van der Waals surface area contributed by atoms with Gasteiger partial charge < -0.3 is 14.9 Å². The summed E-state index contributed by atoms with van der Waals surface area (Å²) in [5, 5.41) is 22.3. The summed E-state index contributed by atoms with van der Waals surface area (Å²) in [6.07, 6.45) is 2.88. The predicted octanol–water partition coefficient (Wildman–Crippen LogP) is 1.72. The summed E-state index contributed by atoms with van der Waals surface area (Å²) in [6.45, 7) is 2.11. The largest absolute Gasteiger partial charge is 0.481 e. The Morgan fingerprint density at radius 3 is 2.87 bits per heavy atom. The van der Waals surface area contributed by atoms with Crippen LogP contribution in [0.3, 0.4) is 0 Å². The summed E-state index contributed by atoms with van der Waals surface area (Å²) in [4.78, 5) is 29.9. The molecule has 0 spiro atoms. The van der Waals surface area contributed by atoms with Crippen molar-refractivity contribution in [2.75, 3.05) is 19.6 Å². The number of hydrogen-bond acceptors (Lipinski definition) is 5. The van der Waals surface area contributed by atoms with Crippen LogP contribution >= 0.6 is 22.9 Å². The number of halogens is 1. The molecule has 0 unspecified atom stereocenters. The van der Waals surface area contributed by atoms with Crippen LogP contribution in [-0.2, 0) is 11.3 Å². The molecular weight excluding hydrogens is 346 g/mol. The molecule has 0 saturated carbocycles. The van der Waals surface area contributed by atoms with Crippen molar-refractivity contribution < 1.29 is 14.9 Å². The summed E-state index contributed by atoms with van der Waals surface area (Å²) in [6, 6.07) is 0. The Morgan fingerprint density at radius 2 is 2.26 bits per heavy atom. The van der Waals surface area contributed by atoms with Crippen molar-refractivity contribution >= 4 is 34.9 Å². The van der Waals surface area contributed by atoms with E-state index in [2.05, 4.69) is 10.1 Å². The van der Waals surface area contributed by atoms with Crippen LogP contribution in [-0.4, -0.2) is 56.5 Å². The number of aliphatic carboxylic acids is 1. The first kappa shape index (κ1) is 17.4. The number of rotatable bonds is 7. The number of hydrogen-bond donors (Lipinski definition) is 1. The smallest absolute Gasteiger partial charge is 0.303 e. The number of carboxylic acids is 1. The molecule has 1 aromatic rings. The number of thiazole rings is 1. The summed E-state index contributed by atoms with van der Waals surface area (Å²) in [5.74, 6) is -0.623. The van der Waals surface area contributed by atoms with Crippen LogP contribution in [0, 0.1) is 10.1 Å². The molecule has 0 radical (unpaired) electrons. The third-order valence-electron chi connectivity index (χ3n) is 3.28. The van der Waals surface area contributed by atoms with Crippen molar-refractivity contribution in [1.82, 2.24) is 14.8 Å². The standard InChI is InChI=1S/C12H16ClN5O4S/c13-11-14-7-9(23-11)8-17-6-2-5-16(4-1-3-10(19)20)12(17)15-18(21)22/h7H,1-6,8H2,(H,19,20)/b15-12+. The van der Waals surface area contributed by atoms with Gasteiger partial charge in [0.25, 0.3) is 5.96 Å². The third-order valence-corrected chi connectivity index (χ3v) is 4.38. The second kappa shape index (κ2) is 8.06. The van der Waals surface area contributed by atoms with Crippen LogP contribution in [0.4, 0.5) is 0 Å². The molecule has 2 heterocycles. The summed E-state index contributed by atoms with van der Waals surface area (Å²) in [7, 11) is 0. The maximum atomic E-state index is 10.8. The summed E-state index contributed by atoms with van der Waals surface area (Å²) >= 11 is 7.13. The molecule has 1 fully saturated rings. The highest BCUT2D eigenvalue weighted by Gasteiger charge is 2.27. The van der Waals surface area contributed by atoms with Crippen molar-refractivity contribution in [2.45, 2.75) is 25.8 Å². The van der Waals surface area contributed by atoms with Gasteiger partial charge in [-0.2, -0.15) is 0 Å². The number of nitrogens with zero attached hydrogens (tertiary/aromatic N) is 5. The maximum absolute atomic E-state index is 10.8. The number of hydrazone groups is 1. The predicted molar refractivity (Wildman–Crippen MR) is 85.0 cm³/mol. The topological polar surface area (TPSA) is 112 Å². The molecular formula is C12H16ClN5O4S. The molecule has 1 aliphatic heterocycles. The van der Waals surface area contributed by atoms with E-state index in [0.717, 1.165) is 11.3 Å². The van der Waals surface area contributed by atoms with Gasteiger partial charge in [0, 0.05) is 37.1 Å². The molecule has 9 nitrogen and oxygen atoms in total. The van der Waals surface area contributed by atoms with Gasteiger partial charge in [0.1, 0.15) is 5.10 Å². The van der Waals surface area contributed by atoms with Gasteiger partial charge in [0.15, 0.2) is 9.50 Å². The molecule has 23 heavy (non-hydrogen) atoms. The fourth-order valence-electron chi connectivity index (χ4n) is 2.38. The Hall–Kier alpha value is -1.94. The van der Waals surface area contributed by atoms with Gasteiger partial charge in [-0.3, -0.25) is 4.79 Å². The zero-order valence-corrected chi connectivity index (χ0v) is 13.8. The lowest BCUT2D eigenvalue weighted by Gasteiger charge is -2.37. The highest BCUT2D eigenvalue weighted by Crippen LogP contribution is 2.21. The zero-order chi connectivity index (χ0) is 16.8. The quantitative estimate of drug-likeness (QED) is 0.581. The number of guanidine groups is 1. The molecule has 0 atom stereocenters. The van der Waals surface area contributed by atoms with Crippen molar-refractivity contribution in [3.8, 4) is 0 Å². The first-order valence-corrected chi connectivity index (χ1v) is 8.20. The summed E-state index contributed by atoms with van der Waals surface area (Å²) < 4.78 is 0.420. The van der Waals surface area contributed by atoms with Crippen LogP contribution in [0.2, 0.25) is 4.47 Å². The van der Waals surface area contributed by atoms with Crippen molar-refractivity contribution in [1.29, 1.82) is 0 Å². The molecule has 0 aliphatic carbocycles. The minimum Gasteiger partial charge on any atom is -0.481 e. The number of aromatic nitrogens is 1. The van der Waals surface area contributed by atoms with Gasteiger partial charge in [0.05, 0.1) is 6.54 Å². The molecule has 1 N–H and O–H groups in total. The molecule has 0 aromatic carbocycles. The Bertz CT molecular complexity index is 608. The van der Waals surface area contributed by atoms with E-state index in [-0.39, 0.29) is 12.4 Å². The van der Waals surface area contributed by atoms with Crippen molar-refractivity contribution in [3.05, 3.63) is 25.7 Å². The van der Waals surface area contributed by atoms with Gasteiger partial charge >= 0.3 is 5.97 Å². The molecule has 1 saturated heterocycles. The van der Waals surface area contributed by atoms with Crippen LogP contribution in [0.15, 0.2) is 11.3 Å². The molecule has 1 aliphatic rings. The average molecular weight is 362 g/mol. The second-order valence-electron chi connectivity index (χ2n) is 4.98. The van der Waals surface area contributed by atoms with Crippen molar-refractivity contribution in [3.63, 3.8) is 0 Å². The normalized spacial score (nSPS) is 16.8. The highest BCUT2D eigenvalue weighted by molar-refractivity contribution is 7.15. The van der Waals surface area contributed by atoms with E-state index in [0.29, 0.717) is 37.1 Å². The minimum absolute atomic E-state index is 0.0205. The fourth-order valence-corrected chi connectivity index (χ4v) is 3.37. The fraction of sp³-hybridized carbons (Fsp3) is 0.583. The Kier molecular flexibility index (Phi) is 6.11. The van der Waals surface area contributed by atoms with E-state index >= 15 is 0 Å². The monoisotopic (exact) mass is 361 g/mol. The first-order chi connectivity index (χ1) is 11.0. The number of carboxylic acid groups (broad SMARTS) is 1. The van der Waals surface area contributed by atoms with Crippen LogP contribution in [0.25, 0.3) is 0 Å². The Labute approximate surface area is 141 Å². The minimum atomic E-state index is -0.883. The van der Waals surface area contributed by atoms with Gasteiger partial charge in [-0.25, -0.2) is 15.1 Å². The molecule has 1 aromatic heterocycles. The highest BCUT2D eigenvalue weighted by atomic mass is 35.5. The van der Waals surface area contributed by atoms with Gasteiger partial charge in [0.2, 0.25) is 0 Å². The Morgan fingerprint density at radius 1 is 1.52 bits per heavy atom. The number of nitro groups is 1. The van der Waals surface area contributed by atoms with Gasteiger partial charge in [-0.15, -0.1) is 11.3 Å². The van der Waals surface area contributed by atoms with Crippen molar-refractivity contribution in [2.24, 2.45) is 5.10 Å². The SMILES string of the molecule is O=C(O)CCCN1CCCN(Cc2cnc(Cl)s2)/C1=N/[N+](=O)[O-]. The van der Waals surface area contributed by atoms with Crippen LogP contribution in [0.1, 0.15) is 24.1 Å². The van der Waals surface area contributed by atoms with Gasteiger partial charge in [-0.05, 0) is 12.8 Å². The van der Waals surface area contributed by atoms with E-state index in [4.69, 9.17) is 16.7 Å².